The fourth-order valence-corrected chi connectivity index (χ4v) is 2.98. The molecule has 25 heavy (non-hydrogen) atoms. The minimum Gasteiger partial charge on any atom is -0.376 e. The summed E-state index contributed by atoms with van der Waals surface area (Å²) in [5.74, 6) is 0.286. The Bertz CT molecular complexity index is 644. The highest BCUT2D eigenvalue weighted by atomic mass is 16.5. The summed E-state index contributed by atoms with van der Waals surface area (Å²) in [6.07, 6.45) is 5.16. The lowest BCUT2D eigenvalue weighted by Crippen LogP contribution is -2.52. The van der Waals surface area contributed by atoms with Crippen LogP contribution in [0.15, 0.2) is 17.2 Å². The van der Waals surface area contributed by atoms with Crippen LogP contribution in [0.2, 0.25) is 0 Å². The van der Waals surface area contributed by atoms with Crippen LogP contribution in [0.5, 0.6) is 0 Å². The maximum absolute atomic E-state index is 12.3. The van der Waals surface area contributed by atoms with Gasteiger partial charge in [0.25, 0.3) is 5.56 Å². The van der Waals surface area contributed by atoms with Crippen molar-refractivity contribution in [1.29, 1.82) is 0 Å². The standard InChI is InChI=1S/C16H25N5O4/c1-20-5-4-17-14(15(20)22)18-10-13-11-21(6-8-25-13)16(23)19-9-12-3-2-7-24-12/h4-5,12-13H,2-3,6-11H2,1H3,(H,17,18)(H,19,23). The van der Waals surface area contributed by atoms with Gasteiger partial charge < -0.3 is 29.6 Å². The first-order chi connectivity index (χ1) is 12.1. The van der Waals surface area contributed by atoms with Gasteiger partial charge in [0.1, 0.15) is 0 Å². The number of aromatic nitrogens is 2. The van der Waals surface area contributed by atoms with Gasteiger partial charge in [-0.2, -0.15) is 0 Å². The smallest absolute Gasteiger partial charge is 0.317 e. The fraction of sp³-hybridized carbons (Fsp3) is 0.688. The van der Waals surface area contributed by atoms with Gasteiger partial charge in [0.05, 0.1) is 25.4 Å². The van der Waals surface area contributed by atoms with Gasteiger partial charge in [-0.25, -0.2) is 9.78 Å². The molecule has 138 valence electrons. The predicted molar refractivity (Wildman–Crippen MR) is 91.7 cm³/mol. The topological polar surface area (TPSA) is 97.7 Å². The molecule has 2 aliphatic heterocycles. The lowest BCUT2D eigenvalue weighted by Gasteiger charge is -2.33. The second-order valence-electron chi connectivity index (χ2n) is 6.33. The number of aryl methyl sites for hydroxylation is 1. The van der Waals surface area contributed by atoms with Crippen molar-refractivity contribution < 1.29 is 14.3 Å². The van der Waals surface area contributed by atoms with E-state index in [0.717, 1.165) is 19.4 Å². The maximum Gasteiger partial charge on any atom is 0.317 e. The SMILES string of the molecule is Cn1ccnc(NCC2CN(C(=O)NCC3CCCO3)CCO2)c1=O. The first-order valence-electron chi connectivity index (χ1n) is 8.65. The molecule has 2 atom stereocenters. The Kier molecular flexibility index (Phi) is 5.87. The summed E-state index contributed by atoms with van der Waals surface area (Å²) in [4.78, 5) is 30.0. The molecule has 1 aromatic heterocycles. The number of nitrogens with zero attached hydrogens (tertiary/aromatic N) is 3. The number of carbonyl (C=O) groups excluding carboxylic acids is 1. The zero-order valence-corrected chi connectivity index (χ0v) is 14.4. The average Bonchev–Trinajstić information content (AvgIpc) is 3.15. The van der Waals surface area contributed by atoms with E-state index in [4.69, 9.17) is 9.47 Å². The lowest BCUT2D eigenvalue weighted by atomic mass is 10.2. The molecule has 3 rings (SSSR count). The van der Waals surface area contributed by atoms with Gasteiger partial charge in [0.15, 0.2) is 5.82 Å². The summed E-state index contributed by atoms with van der Waals surface area (Å²) < 4.78 is 12.7. The molecular formula is C16H25N5O4. The van der Waals surface area contributed by atoms with Gasteiger partial charge in [-0.15, -0.1) is 0 Å². The third-order valence-corrected chi connectivity index (χ3v) is 4.44. The molecule has 0 bridgehead atoms. The van der Waals surface area contributed by atoms with Crippen molar-refractivity contribution in [2.75, 3.05) is 44.7 Å². The Hall–Kier alpha value is -2.13. The molecule has 2 aliphatic rings. The minimum absolute atomic E-state index is 0.0995. The van der Waals surface area contributed by atoms with E-state index in [-0.39, 0.29) is 29.6 Å². The molecule has 2 unspecified atom stereocenters. The molecule has 2 saturated heterocycles. The Balaban J connectivity index is 1.46. The monoisotopic (exact) mass is 351 g/mol. The number of carbonyl (C=O) groups is 1. The van der Waals surface area contributed by atoms with Crippen molar-refractivity contribution in [1.82, 2.24) is 19.8 Å². The van der Waals surface area contributed by atoms with Crippen LogP contribution < -0.4 is 16.2 Å². The molecule has 1 aromatic rings. The number of ether oxygens (including phenoxy) is 2. The molecule has 0 spiro atoms. The molecule has 2 fully saturated rings. The zero-order chi connectivity index (χ0) is 17.6. The zero-order valence-electron chi connectivity index (χ0n) is 14.4. The number of nitrogens with one attached hydrogen (secondary N) is 2. The highest BCUT2D eigenvalue weighted by Crippen LogP contribution is 2.11. The maximum atomic E-state index is 12.3. The number of anilines is 1. The molecule has 0 saturated carbocycles. The lowest BCUT2D eigenvalue weighted by molar-refractivity contribution is -0.00702. The van der Waals surface area contributed by atoms with Crippen molar-refractivity contribution in [2.45, 2.75) is 25.0 Å². The third kappa shape index (κ3) is 4.70. The summed E-state index contributed by atoms with van der Waals surface area (Å²) in [6.45, 7) is 3.24. The molecule has 0 aromatic carbocycles. The van der Waals surface area contributed by atoms with Crippen molar-refractivity contribution >= 4 is 11.8 Å². The summed E-state index contributed by atoms with van der Waals surface area (Å²) in [7, 11) is 1.67. The van der Waals surface area contributed by atoms with Gasteiger partial charge in [-0.05, 0) is 12.8 Å². The molecule has 2 amide bonds. The number of hydrogen-bond donors (Lipinski definition) is 2. The fourth-order valence-electron chi connectivity index (χ4n) is 2.98. The highest BCUT2D eigenvalue weighted by molar-refractivity contribution is 5.74. The Morgan fingerprint density at radius 1 is 1.32 bits per heavy atom. The van der Waals surface area contributed by atoms with Crippen LogP contribution in [0, 0.1) is 0 Å². The molecule has 3 heterocycles. The van der Waals surface area contributed by atoms with Crippen LogP contribution in [0.25, 0.3) is 0 Å². The molecular weight excluding hydrogens is 326 g/mol. The number of urea groups is 1. The molecule has 9 heteroatoms. The van der Waals surface area contributed by atoms with E-state index in [1.54, 1.807) is 24.3 Å². The van der Waals surface area contributed by atoms with E-state index in [1.165, 1.54) is 4.57 Å². The van der Waals surface area contributed by atoms with E-state index in [9.17, 15) is 9.59 Å². The van der Waals surface area contributed by atoms with Crippen LogP contribution in [-0.4, -0.2) is 72.1 Å². The third-order valence-electron chi connectivity index (χ3n) is 4.44. The van der Waals surface area contributed by atoms with Gasteiger partial charge >= 0.3 is 6.03 Å². The first kappa shape index (κ1) is 17.7. The van der Waals surface area contributed by atoms with E-state index < -0.39 is 0 Å². The second kappa shape index (κ2) is 8.30. The first-order valence-corrected chi connectivity index (χ1v) is 8.65. The van der Waals surface area contributed by atoms with Crippen LogP contribution in [0.4, 0.5) is 10.6 Å². The number of morpholine rings is 1. The average molecular weight is 351 g/mol. The summed E-state index contributed by atoms with van der Waals surface area (Å²) >= 11 is 0. The van der Waals surface area contributed by atoms with Gasteiger partial charge in [0, 0.05) is 45.7 Å². The Labute approximate surface area is 146 Å². The summed E-state index contributed by atoms with van der Waals surface area (Å²) in [6, 6.07) is -0.0995. The van der Waals surface area contributed by atoms with E-state index in [1.807, 2.05) is 0 Å². The van der Waals surface area contributed by atoms with Gasteiger partial charge in [-0.1, -0.05) is 0 Å². The number of amides is 2. The highest BCUT2D eigenvalue weighted by Gasteiger charge is 2.25. The predicted octanol–water partition coefficient (Wildman–Crippen LogP) is -0.218. The molecule has 0 radical (unpaired) electrons. The second-order valence-corrected chi connectivity index (χ2v) is 6.33. The quantitative estimate of drug-likeness (QED) is 0.761. The Morgan fingerprint density at radius 3 is 2.96 bits per heavy atom. The van der Waals surface area contributed by atoms with Crippen molar-refractivity contribution in [3.8, 4) is 0 Å². The normalized spacial score (nSPS) is 23.5. The van der Waals surface area contributed by atoms with Crippen LogP contribution >= 0.6 is 0 Å². The van der Waals surface area contributed by atoms with E-state index in [2.05, 4.69) is 15.6 Å². The van der Waals surface area contributed by atoms with Crippen LogP contribution in [-0.2, 0) is 16.5 Å². The van der Waals surface area contributed by atoms with Gasteiger partial charge in [-0.3, -0.25) is 4.79 Å². The molecule has 2 N–H and O–H groups in total. The largest absolute Gasteiger partial charge is 0.376 e. The molecule has 9 nitrogen and oxygen atoms in total. The van der Waals surface area contributed by atoms with Crippen molar-refractivity contribution in [3.05, 3.63) is 22.7 Å². The Morgan fingerprint density at radius 2 is 2.16 bits per heavy atom. The summed E-state index contributed by atoms with van der Waals surface area (Å²) in [5.41, 5.74) is -0.190. The molecule has 0 aliphatic carbocycles. The van der Waals surface area contributed by atoms with Gasteiger partial charge in [0.2, 0.25) is 0 Å². The number of hydrogen-bond acceptors (Lipinski definition) is 6. The van der Waals surface area contributed by atoms with Crippen LogP contribution in [0.3, 0.4) is 0 Å². The number of rotatable bonds is 5. The van der Waals surface area contributed by atoms with E-state index >= 15 is 0 Å². The van der Waals surface area contributed by atoms with E-state index in [0.29, 0.717) is 32.8 Å². The van der Waals surface area contributed by atoms with Crippen LogP contribution in [0.1, 0.15) is 12.8 Å². The summed E-state index contributed by atoms with van der Waals surface area (Å²) in [5, 5.41) is 5.94. The van der Waals surface area contributed by atoms with Crippen molar-refractivity contribution in [3.63, 3.8) is 0 Å². The van der Waals surface area contributed by atoms with Crippen molar-refractivity contribution in [2.24, 2.45) is 7.05 Å². The minimum atomic E-state index is -0.190.